The van der Waals surface area contributed by atoms with Crippen molar-refractivity contribution < 1.29 is 4.74 Å². The maximum Gasteiger partial charge on any atom is 0.0622 e. The second-order valence-electron chi connectivity index (χ2n) is 4.46. The number of hydrogen-bond acceptors (Lipinski definition) is 2. The Morgan fingerprint density at radius 1 is 1.24 bits per heavy atom. The Hall–Kier alpha value is -0.860. The van der Waals surface area contributed by atoms with Crippen LogP contribution < -0.4 is 5.32 Å². The van der Waals surface area contributed by atoms with Gasteiger partial charge in [0.05, 0.1) is 6.61 Å². The molecule has 0 aromatic heterocycles. The highest BCUT2D eigenvalue weighted by molar-refractivity contribution is 5.26. The number of hydrogen-bond donors (Lipinski definition) is 1. The van der Waals surface area contributed by atoms with Crippen molar-refractivity contribution in [2.45, 2.75) is 39.7 Å². The molecule has 0 aliphatic rings. The lowest BCUT2D eigenvalue weighted by atomic mass is 10.0. The molecule has 2 heteroatoms. The summed E-state index contributed by atoms with van der Waals surface area (Å²) >= 11 is 0. The summed E-state index contributed by atoms with van der Waals surface area (Å²) in [4.78, 5) is 0. The Bertz CT molecular complexity index is 312. The molecule has 0 aliphatic carbocycles. The van der Waals surface area contributed by atoms with Gasteiger partial charge < -0.3 is 10.1 Å². The predicted octanol–water partition coefficient (Wildman–Crippen LogP) is 2.94. The number of likely N-dealkylation sites (N-methyl/N-ethyl adjacent to an activating group) is 1. The van der Waals surface area contributed by atoms with Crippen LogP contribution in [-0.2, 0) is 11.2 Å². The third-order valence-corrected chi connectivity index (χ3v) is 2.89. The van der Waals surface area contributed by atoms with E-state index in [1.54, 1.807) is 0 Å². The topological polar surface area (TPSA) is 21.3 Å². The number of benzene rings is 1. The highest BCUT2D eigenvalue weighted by atomic mass is 16.5. The van der Waals surface area contributed by atoms with Crippen LogP contribution in [-0.4, -0.2) is 25.8 Å². The van der Waals surface area contributed by atoms with Gasteiger partial charge in [-0.1, -0.05) is 38.1 Å². The van der Waals surface area contributed by atoms with Gasteiger partial charge in [0.2, 0.25) is 0 Å². The molecule has 1 atom stereocenters. The molecule has 1 rings (SSSR count). The van der Waals surface area contributed by atoms with E-state index in [0.29, 0.717) is 6.04 Å². The summed E-state index contributed by atoms with van der Waals surface area (Å²) in [6.45, 7) is 9.11. The molecule has 0 bridgehead atoms. The van der Waals surface area contributed by atoms with E-state index in [2.05, 4.69) is 50.4 Å². The van der Waals surface area contributed by atoms with Crippen molar-refractivity contribution in [2.24, 2.45) is 0 Å². The minimum absolute atomic E-state index is 0.424. The van der Waals surface area contributed by atoms with E-state index in [1.807, 2.05) is 0 Å². The van der Waals surface area contributed by atoms with Crippen molar-refractivity contribution in [3.05, 3.63) is 35.4 Å². The van der Waals surface area contributed by atoms with Gasteiger partial charge in [-0.25, -0.2) is 0 Å². The van der Waals surface area contributed by atoms with Gasteiger partial charge in [-0.15, -0.1) is 0 Å². The van der Waals surface area contributed by atoms with Crippen molar-refractivity contribution >= 4 is 0 Å². The molecule has 0 saturated carbocycles. The molecule has 0 saturated heterocycles. The molecule has 1 aromatic carbocycles. The smallest absolute Gasteiger partial charge is 0.0622 e. The van der Waals surface area contributed by atoms with Crippen LogP contribution in [0.4, 0.5) is 0 Å². The summed E-state index contributed by atoms with van der Waals surface area (Å²) in [6.07, 6.45) is 2.13. The largest absolute Gasteiger partial charge is 0.380 e. The van der Waals surface area contributed by atoms with Crippen LogP contribution >= 0.6 is 0 Å². The zero-order valence-electron chi connectivity index (χ0n) is 11.3. The summed E-state index contributed by atoms with van der Waals surface area (Å²) in [7, 11) is 0. The monoisotopic (exact) mass is 235 g/mol. The van der Waals surface area contributed by atoms with Crippen molar-refractivity contribution in [3.63, 3.8) is 0 Å². The van der Waals surface area contributed by atoms with E-state index in [4.69, 9.17) is 4.74 Å². The Morgan fingerprint density at radius 3 is 2.65 bits per heavy atom. The summed E-state index contributed by atoms with van der Waals surface area (Å²) in [6, 6.07) is 9.00. The fourth-order valence-corrected chi connectivity index (χ4v) is 1.95. The Kier molecular flexibility index (Phi) is 6.90. The molecule has 1 unspecified atom stereocenters. The molecule has 1 N–H and O–H groups in total. The number of aryl methyl sites for hydroxylation is 1. The average Bonchev–Trinajstić information content (AvgIpc) is 2.32. The first-order chi connectivity index (χ1) is 8.27. The van der Waals surface area contributed by atoms with E-state index < -0.39 is 0 Å². The third kappa shape index (κ3) is 5.33. The first-order valence-electron chi connectivity index (χ1n) is 6.63. The van der Waals surface area contributed by atoms with E-state index in [9.17, 15) is 0 Å². The first kappa shape index (κ1) is 14.2. The molecule has 0 spiro atoms. The Morgan fingerprint density at radius 2 is 2.00 bits per heavy atom. The van der Waals surface area contributed by atoms with Gasteiger partial charge in [-0.05, 0) is 37.4 Å². The normalized spacial score (nSPS) is 12.6. The Balaban J connectivity index is 2.50. The van der Waals surface area contributed by atoms with Gasteiger partial charge in [0.1, 0.15) is 0 Å². The molecular formula is C15H25NO. The van der Waals surface area contributed by atoms with E-state index in [0.717, 1.165) is 32.6 Å². The van der Waals surface area contributed by atoms with Crippen LogP contribution in [0.15, 0.2) is 24.3 Å². The van der Waals surface area contributed by atoms with Crippen molar-refractivity contribution in [1.29, 1.82) is 0 Å². The van der Waals surface area contributed by atoms with Crippen molar-refractivity contribution in [1.82, 2.24) is 5.32 Å². The fourth-order valence-electron chi connectivity index (χ4n) is 1.95. The lowest BCUT2D eigenvalue weighted by molar-refractivity contribution is 0.112. The van der Waals surface area contributed by atoms with Crippen LogP contribution in [0.5, 0.6) is 0 Å². The lowest BCUT2D eigenvalue weighted by Crippen LogP contribution is -2.35. The molecule has 0 radical (unpaired) electrons. The van der Waals surface area contributed by atoms with Crippen LogP contribution in [0.25, 0.3) is 0 Å². The zero-order chi connectivity index (χ0) is 12.5. The molecule has 17 heavy (non-hydrogen) atoms. The second kappa shape index (κ2) is 8.26. The predicted molar refractivity (Wildman–Crippen MR) is 73.5 cm³/mol. The van der Waals surface area contributed by atoms with Gasteiger partial charge in [-0.3, -0.25) is 0 Å². The number of rotatable bonds is 8. The summed E-state index contributed by atoms with van der Waals surface area (Å²) in [5.41, 5.74) is 2.78. The minimum atomic E-state index is 0.424. The Labute approximate surface area is 105 Å². The minimum Gasteiger partial charge on any atom is -0.380 e. The second-order valence-corrected chi connectivity index (χ2v) is 4.46. The van der Waals surface area contributed by atoms with Crippen LogP contribution in [0.2, 0.25) is 0 Å². The number of ether oxygens (including phenoxy) is 1. The maximum absolute atomic E-state index is 5.65. The van der Waals surface area contributed by atoms with Crippen LogP contribution in [0.1, 0.15) is 31.4 Å². The number of nitrogens with one attached hydrogen (secondary N) is 1. The van der Waals surface area contributed by atoms with Crippen LogP contribution in [0.3, 0.4) is 0 Å². The molecule has 0 heterocycles. The molecule has 0 aliphatic heterocycles. The van der Waals surface area contributed by atoms with E-state index >= 15 is 0 Å². The maximum atomic E-state index is 5.65. The van der Waals surface area contributed by atoms with Crippen molar-refractivity contribution in [2.75, 3.05) is 19.8 Å². The molecule has 1 aromatic rings. The summed E-state index contributed by atoms with van der Waals surface area (Å²) in [5, 5.41) is 3.49. The molecule has 2 nitrogen and oxygen atoms in total. The highest BCUT2D eigenvalue weighted by Gasteiger charge is 2.09. The third-order valence-electron chi connectivity index (χ3n) is 2.89. The molecule has 0 fully saturated rings. The van der Waals surface area contributed by atoms with Crippen molar-refractivity contribution in [3.8, 4) is 0 Å². The lowest BCUT2D eigenvalue weighted by Gasteiger charge is -2.19. The zero-order valence-corrected chi connectivity index (χ0v) is 11.3. The van der Waals surface area contributed by atoms with E-state index in [1.165, 1.54) is 11.1 Å². The molecule has 96 valence electrons. The van der Waals surface area contributed by atoms with Gasteiger partial charge in [-0.2, -0.15) is 0 Å². The van der Waals surface area contributed by atoms with Crippen LogP contribution in [0, 0.1) is 6.92 Å². The summed E-state index contributed by atoms with van der Waals surface area (Å²) in [5.74, 6) is 0. The summed E-state index contributed by atoms with van der Waals surface area (Å²) < 4.78 is 5.65. The SMILES string of the molecule is CCCOCC(Cc1ccccc1C)NCC. The van der Waals surface area contributed by atoms with Gasteiger partial charge in [0.15, 0.2) is 0 Å². The quantitative estimate of drug-likeness (QED) is 0.700. The van der Waals surface area contributed by atoms with Gasteiger partial charge >= 0.3 is 0 Å². The first-order valence-corrected chi connectivity index (χ1v) is 6.63. The molecule has 0 amide bonds. The highest BCUT2D eigenvalue weighted by Crippen LogP contribution is 2.10. The molecular weight excluding hydrogens is 210 g/mol. The van der Waals surface area contributed by atoms with E-state index in [-0.39, 0.29) is 0 Å². The van der Waals surface area contributed by atoms with Gasteiger partial charge in [0.25, 0.3) is 0 Å². The van der Waals surface area contributed by atoms with Gasteiger partial charge in [0, 0.05) is 12.6 Å². The fraction of sp³-hybridized carbons (Fsp3) is 0.600. The average molecular weight is 235 g/mol. The standard InChI is InChI=1S/C15H25NO/c1-4-10-17-12-15(16-5-2)11-14-9-7-6-8-13(14)3/h6-9,15-16H,4-5,10-12H2,1-3H3.